The average molecular weight is 534 g/mol. The van der Waals surface area contributed by atoms with Gasteiger partial charge in [0.05, 0.1) is 32.4 Å². The zero-order valence-corrected chi connectivity index (χ0v) is 22.7. The van der Waals surface area contributed by atoms with Crippen molar-refractivity contribution in [1.82, 2.24) is 15.5 Å². The maximum atomic E-state index is 13.4. The van der Waals surface area contributed by atoms with Crippen molar-refractivity contribution < 1.29 is 38.9 Å². The predicted molar refractivity (Wildman–Crippen MR) is 137 cm³/mol. The van der Waals surface area contributed by atoms with E-state index in [1.807, 2.05) is 38.1 Å². The smallest absolute Gasteiger partial charge is 0.411 e. The highest BCUT2D eigenvalue weighted by atomic mass is 16.6. The van der Waals surface area contributed by atoms with Crippen LogP contribution in [0.2, 0.25) is 0 Å². The molecule has 2 heterocycles. The van der Waals surface area contributed by atoms with Crippen molar-refractivity contribution in [2.24, 2.45) is 5.92 Å². The van der Waals surface area contributed by atoms with Crippen molar-refractivity contribution in [1.29, 1.82) is 0 Å². The van der Waals surface area contributed by atoms with Gasteiger partial charge in [-0.3, -0.25) is 19.3 Å². The molecule has 1 fully saturated rings. The fraction of sp³-hybridized carbons (Fsp3) is 0.630. The molecule has 0 radical (unpaired) electrons. The minimum absolute atomic E-state index is 0.0330. The molecule has 1 saturated heterocycles. The second kappa shape index (κ2) is 11.8. The van der Waals surface area contributed by atoms with Gasteiger partial charge in [0.2, 0.25) is 11.8 Å². The third-order valence-electron chi connectivity index (χ3n) is 6.53. The first-order chi connectivity index (χ1) is 17.8. The van der Waals surface area contributed by atoms with Gasteiger partial charge in [0, 0.05) is 6.42 Å². The lowest BCUT2D eigenvalue weighted by atomic mass is 9.92. The molecular weight excluding hydrogens is 494 g/mol. The van der Waals surface area contributed by atoms with Gasteiger partial charge in [-0.2, -0.15) is 0 Å². The van der Waals surface area contributed by atoms with Crippen LogP contribution in [0.1, 0.15) is 52.2 Å². The Morgan fingerprint density at radius 3 is 2.26 bits per heavy atom. The third-order valence-corrected chi connectivity index (χ3v) is 6.53. The largest absolute Gasteiger partial charge is 0.444 e. The van der Waals surface area contributed by atoms with E-state index in [-0.39, 0.29) is 31.9 Å². The summed E-state index contributed by atoms with van der Waals surface area (Å²) in [7, 11) is 0. The Kier molecular flexibility index (Phi) is 9.17. The lowest BCUT2D eigenvalue weighted by molar-refractivity contribution is -0.136. The molecule has 11 heteroatoms. The van der Waals surface area contributed by atoms with Crippen molar-refractivity contribution in [2.45, 2.75) is 83.3 Å². The summed E-state index contributed by atoms with van der Waals surface area (Å²) in [6.45, 7) is 7.93. The molecule has 1 aromatic rings. The van der Waals surface area contributed by atoms with E-state index in [0.717, 1.165) is 11.1 Å². The minimum Gasteiger partial charge on any atom is -0.444 e. The SMILES string of the molecule is CC(C)C[C@H](NC(=O)[C@H](CO)NC(=O)C1Cc2ccccc2CN1C(=O)OC(C)(C)C)C(=O)[C@@]1(CO)CO1. The van der Waals surface area contributed by atoms with Crippen molar-refractivity contribution in [3.8, 4) is 0 Å². The number of carbonyl (C=O) groups excluding carboxylic acids is 4. The van der Waals surface area contributed by atoms with E-state index in [2.05, 4.69) is 10.6 Å². The summed E-state index contributed by atoms with van der Waals surface area (Å²) in [5, 5.41) is 24.7. The second-order valence-electron chi connectivity index (χ2n) is 11.3. The van der Waals surface area contributed by atoms with Gasteiger partial charge in [-0.25, -0.2) is 4.79 Å². The lowest BCUT2D eigenvalue weighted by Crippen LogP contribution is -2.60. The molecule has 38 heavy (non-hydrogen) atoms. The maximum absolute atomic E-state index is 13.4. The molecule has 1 aromatic carbocycles. The Morgan fingerprint density at radius 1 is 1.11 bits per heavy atom. The third kappa shape index (κ3) is 7.09. The van der Waals surface area contributed by atoms with E-state index in [9.17, 15) is 29.4 Å². The topological polar surface area (TPSA) is 158 Å². The summed E-state index contributed by atoms with van der Waals surface area (Å²) in [6, 6.07) is 4.12. The highest BCUT2D eigenvalue weighted by Crippen LogP contribution is 2.30. The minimum atomic E-state index is -1.37. The van der Waals surface area contributed by atoms with Crippen molar-refractivity contribution >= 4 is 23.7 Å². The Balaban J connectivity index is 1.76. The molecule has 0 saturated carbocycles. The molecule has 2 aliphatic heterocycles. The van der Waals surface area contributed by atoms with Gasteiger partial charge in [-0.05, 0) is 44.2 Å². The molecule has 4 atom stereocenters. The van der Waals surface area contributed by atoms with Crippen LogP contribution in [-0.4, -0.2) is 88.0 Å². The zero-order chi connectivity index (χ0) is 28.3. The van der Waals surface area contributed by atoms with Crippen molar-refractivity contribution in [3.05, 3.63) is 35.4 Å². The van der Waals surface area contributed by atoms with E-state index < -0.39 is 66.2 Å². The first-order valence-electron chi connectivity index (χ1n) is 12.9. The first kappa shape index (κ1) is 29.5. The van der Waals surface area contributed by atoms with Crippen LogP contribution in [0.3, 0.4) is 0 Å². The molecule has 0 bridgehead atoms. The molecule has 2 aliphatic rings. The number of nitrogens with zero attached hydrogens (tertiary/aromatic N) is 1. The molecule has 0 aromatic heterocycles. The highest BCUT2D eigenvalue weighted by molar-refractivity contribution is 5.98. The van der Waals surface area contributed by atoms with Gasteiger partial charge in [-0.1, -0.05) is 38.1 Å². The number of hydrogen-bond acceptors (Lipinski definition) is 8. The number of rotatable bonds is 10. The normalized spacial score (nSPS) is 22.2. The van der Waals surface area contributed by atoms with Crippen LogP contribution in [0.4, 0.5) is 4.79 Å². The van der Waals surface area contributed by atoms with Crippen LogP contribution < -0.4 is 10.6 Å². The molecule has 3 rings (SSSR count). The standard InChI is InChI=1S/C27H39N3O8/c1-16(2)10-19(22(33)27(14-32)15-37-27)28-23(34)20(13-31)29-24(35)21-11-17-8-6-7-9-18(17)12-30(21)25(36)38-26(3,4)5/h6-9,16,19-21,31-32H,10-15H2,1-5H3,(H,28,34)(H,29,35)/t19-,20-,21?,27+/m0/s1. The van der Waals surface area contributed by atoms with Crippen LogP contribution in [0.5, 0.6) is 0 Å². The van der Waals surface area contributed by atoms with Crippen LogP contribution in [-0.2, 0) is 36.8 Å². The number of amides is 3. The van der Waals surface area contributed by atoms with Crippen LogP contribution in [0, 0.1) is 5.92 Å². The van der Waals surface area contributed by atoms with Crippen LogP contribution in [0.25, 0.3) is 0 Å². The fourth-order valence-electron chi connectivity index (χ4n) is 4.42. The van der Waals surface area contributed by atoms with Crippen molar-refractivity contribution in [2.75, 3.05) is 19.8 Å². The monoisotopic (exact) mass is 533 g/mol. The lowest BCUT2D eigenvalue weighted by Gasteiger charge is -2.37. The number of aliphatic hydroxyl groups excluding tert-OH is 2. The quantitative estimate of drug-likeness (QED) is 0.320. The van der Waals surface area contributed by atoms with E-state index in [4.69, 9.17) is 9.47 Å². The summed E-state index contributed by atoms with van der Waals surface area (Å²) in [6.07, 6.45) is -0.183. The van der Waals surface area contributed by atoms with E-state index in [0.29, 0.717) is 0 Å². The Morgan fingerprint density at radius 2 is 1.74 bits per heavy atom. The summed E-state index contributed by atoms with van der Waals surface area (Å²) < 4.78 is 10.7. The van der Waals surface area contributed by atoms with E-state index in [1.165, 1.54) is 4.90 Å². The molecular formula is C27H39N3O8. The van der Waals surface area contributed by atoms with Gasteiger partial charge in [0.15, 0.2) is 11.4 Å². The van der Waals surface area contributed by atoms with Gasteiger partial charge in [0.25, 0.3) is 0 Å². The summed E-state index contributed by atoms with van der Waals surface area (Å²) >= 11 is 0. The van der Waals surface area contributed by atoms with Crippen LogP contribution in [0.15, 0.2) is 24.3 Å². The van der Waals surface area contributed by atoms with Gasteiger partial charge >= 0.3 is 6.09 Å². The van der Waals surface area contributed by atoms with Crippen LogP contribution >= 0.6 is 0 Å². The fourth-order valence-corrected chi connectivity index (χ4v) is 4.42. The summed E-state index contributed by atoms with van der Waals surface area (Å²) in [5.74, 6) is -1.81. The Hall–Kier alpha value is -3.02. The van der Waals surface area contributed by atoms with E-state index >= 15 is 0 Å². The zero-order valence-electron chi connectivity index (χ0n) is 22.7. The van der Waals surface area contributed by atoms with Gasteiger partial charge in [0.1, 0.15) is 17.7 Å². The number of hydrogen-bond donors (Lipinski definition) is 4. The first-order valence-corrected chi connectivity index (χ1v) is 12.9. The number of benzene rings is 1. The highest BCUT2D eigenvalue weighted by Gasteiger charge is 2.54. The number of ether oxygens (including phenoxy) is 2. The number of aliphatic hydroxyl groups is 2. The average Bonchev–Trinajstić information content (AvgIpc) is 3.65. The molecule has 210 valence electrons. The van der Waals surface area contributed by atoms with Gasteiger partial charge < -0.3 is 30.3 Å². The predicted octanol–water partition coefficient (Wildman–Crippen LogP) is 0.687. The molecule has 3 amide bonds. The molecule has 0 aliphatic carbocycles. The maximum Gasteiger partial charge on any atom is 0.411 e. The van der Waals surface area contributed by atoms with Gasteiger partial charge in [-0.15, -0.1) is 0 Å². The number of Topliss-reactive ketones (excluding diaryl/α,β-unsaturated/α-hetero) is 1. The number of epoxide rings is 1. The Bertz CT molecular complexity index is 1050. The number of ketones is 1. The molecule has 1 unspecified atom stereocenters. The molecule has 4 N–H and O–H groups in total. The molecule has 0 spiro atoms. The van der Waals surface area contributed by atoms with Crippen molar-refractivity contribution in [3.63, 3.8) is 0 Å². The second-order valence-corrected chi connectivity index (χ2v) is 11.3. The summed E-state index contributed by atoms with van der Waals surface area (Å²) in [4.78, 5) is 53.8. The summed E-state index contributed by atoms with van der Waals surface area (Å²) in [5.41, 5.74) is -0.334. The van der Waals surface area contributed by atoms with E-state index in [1.54, 1.807) is 20.8 Å². The molecule has 11 nitrogen and oxygen atoms in total. The number of nitrogens with one attached hydrogen (secondary N) is 2. The number of fused-ring (bicyclic) bond motifs is 1. The number of carbonyl (C=O) groups is 4. The Labute approximate surface area is 222 Å².